The minimum absolute atomic E-state index is 0.841. The number of hydrogen-bond acceptors (Lipinski definition) is 2. The first-order valence-electron chi connectivity index (χ1n) is 7.66. The highest BCUT2D eigenvalue weighted by Gasteiger charge is 2.08. The molecule has 0 heterocycles. The molecule has 0 saturated carbocycles. The Hall–Kier alpha value is -1.80. The molecule has 0 aliphatic carbocycles. The largest absolute Gasteiger partial charge is 0.457 e. The van der Waals surface area contributed by atoms with Crippen molar-refractivity contribution in [2.24, 2.45) is 0 Å². The van der Waals surface area contributed by atoms with Crippen molar-refractivity contribution >= 4 is 0 Å². The maximum atomic E-state index is 6.19. The maximum Gasteiger partial charge on any atom is 0.131 e. The number of benzene rings is 2. The second-order valence-electron chi connectivity index (χ2n) is 5.59. The summed E-state index contributed by atoms with van der Waals surface area (Å²) in [6.07, 6.45) is 1.14. The van der Waals surface area contributed by atoms with E-state index >= 15 is 0 Å². The van der Waals surface area contributed by atoms with Gasteiger partial charge < -0.3 is 10.1 Å². The first-order chi connectivity index (χ1) is 10.1. The third-order valence-electron chi connectivity index (χ3n) is 3.70. The number of hydrogen-bond donors (Lipinski definition) is 1. The molecule has 2 nitrogen and oxygen atoms in total. The third-order valence-corrected chi connectivity index (χ3v) is 3.70. The van der Waals surface area contributed by atoms with Gasteiger partial charge in [-0.2, -0.15) is 0 Å². The number of ether oxygens (including phenoxy) is 1. The van der Waals surface area contributed by atoms with Crippen molar-refractivity contribution in [1.82, 2.24) is 5.32 Å². The molecular weight excluding hydrogens is 258 g/mol. The fourth-order valence-corrected chi connectivity index (χ4v) is 2.37. The average molecular weight is 283 g/mol. The molecule has 21 heavy (non-hydrogen) atoms. The SMILES string of the molecule is CCCNCc1ccccc1Oc1cc(C)cc(C)c1C. The van der Waals surface area contributed by atoms with Crippen LogP contribution in [0.3, 0.4) is 0 Å². The van der Waals surface area contributed by atoms with Gasteiger partial charge in [-0.1, -0.05) is 31.2 Å². The normalized spacial score (nSPS) is 10.7. The van der Waals surface area contributed by atoms with Gasteiger partial charge in [0.2, 0.25) is 0 Å². The predicted molar refractivity (Wildman–Crippen MR) is 89.2 cm³/mol. The Balaban J connectivity index is 2.23. The van der Waals surface area contributed by atoms with Crippen LogP contribution in [-0.2, 0) is 6.54 Å². The van der Waals surface area contributed by atoms with Crippen molar-refractivity contribution in [3.8, 4) is 11.5 Å². The molecule has 0 spiro atoms. The molecule has 0 fully saturated rings. The quantitative estimate of drug-likeness (QED) is 0.761. The van der Waals surface area contributed by atoms with Gasteiger partial charge in [-0.3, -0.25) is 0 Å². The van der Waals surface area contributed by atoms with Crippen LogP contribution in [0.4, 0.5) is 0 Å². The van der Waals surface area contributed by atoms with Gasteiger partial charge in [0.05, 0.1) is 0 Å². The third kappa shape index (κ3) is 4.08. The summed E-state index contributed by atoms with van der Waals surface area (Å²) in [5, 5.41) is 3.43. The lowest BCUT2D eigenvalue weighted by Gasteiger charge is -2.15. The summed E-state index contributed by atoms with van der Waals surface area (Å²) in [5.41, 5.74) is 4.91. The molecule has 0 atom stereocenters. The van der Waals surface area contributed by atoms with E-state index in [2.05, 4.69) is 57.3 Å². The van der Waals surface area contributed by atoms with Crippen LogP contribution in [0.25, 0.3) is 0 Å². The van der Waals surface area contributed by atoms with E-state index in [-0.39, 0.29) is 0 Å². The maximum absolute atomic E-state index is 6.19. The summed E-state index contributed by atoms with van der Waals surface area (Å²) in [6.45, 7) is 10.4. The molecule has 2 aromatic carbocycles. The minimum atomic E-state index is 0.841. The Bertz CT molecular complexity index is 605. The molecule has 112 valence electrons. The topological polar surface area (TPSA) is 21.3 Å². The van der Waals surface area contributed by atoms with E-state index in [1.165, 1.54) is 22.3 Å². The van der Waals surface area contributed by atoms with Gasteiger partial charge in [0.15, 0.2) is 0 Å². The van der Waals surface area contributed by atoms with E-state index in [9.17, 15) is 0 Å². The number of para-hydroxylation sites is 1. The standard InChI is InChI=1S/C19H25NO/c1-5-10-20-13-17-8-6-7-9-18(17)21-19-12-14(2)11-15(3)16(19)4/h6-9,11-12,20H,5,10,13H2,1-4H3. The van der Waals surface area contributed by atoms with E-state index in [0.29, 0.717) is 0 Å². The fourth-order valence-electron chi connectivity index (χ4n) is 2.37. The van der Waals surface area contributed by atoms with Crippen LogP contribution in [0.5, 0.6) is 11.5 Å². The lowest BCUT2D eigenvalue weighted by molar-refractivity contribution is 0.468. The van der Waals surface area contributed by atoms with Crippen LogP contribution in [-0.4, -0.2) is 6.54 Å². The zero-order valence-electron chi connectivity index (χ0n) is 13.5. The van der Waals surface area contributed by atoms with Crippen LogP contribution in [0.2, 0.25) is 0 Å². The molecule has 2 heteroatoms. The highest BCUT2D eigenvalue weighted by atomic mass is 16.5. The summed E-state index contributed by atoms with van der Waals surface area (Å²) >= 11 is 0. The molecule has 1 N–H and O–H groups in total. The lowest BCUT2D eigenvalue weighted by atomic mass is 10.1. The summed E-state index contributed by atoms with van der Waals surface area (Å²) in [6, 6.07) is 12.5. The Labute approximate surface area is 128 Å². The smallest absolute Gasteiger partial charge is 0.131 e. The zero-order valence-corrected chi connectivity index (χ0v) is 13.5. The Morgan fingerprint density at radius 2 is 1.76 bits per heavy atom. The van der Waals surface area contributed by atoms with Gasteiger partial charge >= 0.3 is 0 Å². The highest BCUT2D eigenvalue weighted by Crippen LogP contribution is 2.30. The van der Waals surface area contributed by atoms with Crippen molar-refractivity contribution in [2.75, 3.05) is 6.54 Å². The Morgan fingerprint density at radius 1 is 1.00 bits per heavy atom. The van der Waals surface area contributed by atoms with E-state index in [0.717, 1.165) is 31.0 Å². The van der Waals surface area contributed by atoms with Crippen LogP contribution in [0.1, 0.15) is 35.6 Å². The highest BCUT2D eigenvalue weighted by molar-refractivity contribution is 5.46. The van der Waals surface area contributed by atoms with Crippen molar-refractivity contribution in [3.05, 3.63) is 58.7 Å². The molecule has 0 aliphatic heterocycles. The molecule has 0 aliphatic rings. The molecule has 0 bridgehead atoms. The number of rotatable bonds is 6. The first-order valence-corrected chi connectivity index (χ1v) is 7.66. The summed E-state index contributed by atoms with van der Waals surface area (Å²) in [7, 11) is 0. The fraction of sp³-hybridized carbons (Fsp3) is 0.368. The van der Waals surface area contributed by atoms with Crippen molar-refractivity contribution < 1.29 is 4.74 Å². The molecule has 0 unspecified atom stereocenters. The van der Waals surface area contributed by atoms with Crippen LogP contribution >= 0.6 is 0 Å². The van der Waals surface area contributed by atoms with E-state index in [1.807, 2.05) is 12.1 Å². The summed E-state index contributed by atoms with van der Waals surface area (Å²) in [4.78, 5) is 0. The van der Waals surface area contributed by atoms with Crippen molar-refractivity contribution in [3.63, 3.8) is 0 Å². The van der Waals surface area contributed by atoms with Crippen LogP contribution in [0.15, 0.2) is 36.4 Å². The predicted octanol–water partition coefficient (Wildman–Crippen LogP) is 4.90. The number of nitrogens with one attached hydrogen (secondary N) is 1. The van der Waals surface area contributed by atoms with Crippen molar-refractivity contribution in [2.45, 2.75) is 40.7 Å². The minimum Gasteiger partial charge on any atom is -0.457 e. The average Bonchev–Trinajstić information content (AvgIpc) is 2.46. The molecule has 0 saturated heterocycles. The van der Waals surface area contributed by atoms with Gasteiger partial charge in [-0.15, -0.1) is 0 Å². The Kier molecular flexibility index (Phi) is 5.40. The van der Waals surface area contributed by atoms with Gasteiger partial charge in [-0.25, -0.2) is 0 Å². The second kappa shape index (κ2) is 7.28. The second-order valence-corrected chi connectivity index (χ2v) is 5.59. The van der Waals surface area contributed by atoms with Gasteiger partial charge in [-0.05, 0) is 62.6 Å². The lowest BCUT2D eigenvalue weighted by Crippen LogP contribution is -2.14. The molecule has 0 radical (unpaired) electrons. The molecule has 2 aromatic rings. The summed E-state index contributed by atoms with van der Waals surface area (Å²) in [5.74, 6) is 1.89. The van der Waals surface area contributed by atoms with Gasteiger partial charge in [0.25, 0.3) is 0 Å². The Morgan fingerprint density at radius 3 is 2.52 bits per heavy atom. The van der Waals surface area contributed by atoms with E-state index in [1.54, 1.807) is 0 Å². The zero-order chi connectivity index (χ0) is 15.2. The number of aryl methyl sites for hydroxylation is 2. The molecular formula is C19H25NO. The molecule has 0 amide bonds. The van der Waals surface area contributed by atoms with Gasteiger partial charge in [0.1, 0.15) is 11.5 Å². The molecule has 2 rings (SSSR count). The van der Waals surface area contributed by atoms with E-state index < -0.39 is 0 Å². The van der Waals surface area contributed by atoms with Crippen molar-refractivity contribution in [1.29, 1.82) is 0 Å². The van der Waals surface area contributed by atoms with Crippen LogP contribution in [0, 0.1) is 20.8 Å². The van der Waals surface area contributed by atoms with Crippen LogP contribution < -0.4 is 10.1 Å². The molecule has 0 aromatic heterocycles. The monoisotopic (exact) mass is 283 g/mol. The van der Waals surface area contributed by atoms with E-state index in [4.69, 9.17) is 4.74 Å². The summed E-state index contributed by atoms with van der Waals surface area (Å²) < 4.78 is 6.19. The van der Waals surface area contributed by atoms with Gasteiger partial charge in [0, 0.05) is 12.1 Å². The first kappa shape index (κ1) is 15.6.